The minimum Gasteiger partial charge on any atom is -0.321 e. The molecule has 2 unspecified atom stereocenters. The molecule has 161 valence electrons. The number of benzene rings is 2. The van der Waals surface area contributed by atoms with Crippen LogP contribution in [0.25, 0.3) is 11.0 Å². The number of aromatic nitrogens is 2. The first-order valence-electron chi connectivity index (χ1n) is 11.7. The molecule has 0 amide bonds. The minimum absolute atomic E-state index is 0.00194. The van der Waals surface area contributed by atoms with Crippen molar-refractivity contribution in [2.24, 2.45) is 0 Å². The second kappa shape index (κ2) is 10.6. The quantitative estimate of drug-likeness (QED) is 0.516. The number of fused-ring (bicyclic) bond motifs is 1. The number of H-pyrrole nitrogens is 1. The van der Waals surface area contributed by atoms with Gasteiger partial charge >= 0.3 is 5.69 Å². The van der Waals surface area contributed by atoms with E-state index in [1.807, 2.05) is 47.0 Å². The Labute approximate surface area is 194 Å². The van der Waals surface area contributed by atoms with Crippen molar-refractivity contribution in [3.05, 3.63) is 64.6 Å². The van der Waals surface area contributed by atoms with Gasteiger partial charge in [0.1, 0.15) is 0 Å². The number of rotatable bonds is 9. The maximum atomic E-state index is 12.5. The van der Waals surface area contributed by atoms with Crippen LogP contribution in [0.5, 0.6) is 0 Å². The highest BCUT2D eigenvalue weighted by Gasteiger charge is 2.24. The lowest BCUT2D eigenvalue weighted by molar-refractivity contribution is 0.186. The molecule has 2 N–H and O–H groups in total. The van der Waals surface area contributed by atoms with Crippen molar-refractivity contribution in [2.75, 3.05) is 26.2 Å². The van der Waals surface area contributed by atoms with Gasteiger partial charge in [-0.05, 0) is 43.3 Å². The second-order valence-electron chi connectivity index (χ2n) is 8.68. The van der Waals surface area contributed by atoms with Gasteiger partial charge in [-0.2, -0.15) is 0 Å². The fraction of sp³-hybridized carbons (Fsp3) is 0.458. The fourth-order valence-corrected chi connectivity index (χ4v) is 5.04. The summed E-state index contributed by atoms with van der Waals surface area (Å²) < 4.78 is 1.94. The number of hydrogen-bond donors (Lipinski definition) is 2. The molecular weight excluding hydrogens is 393 g/mol. The molecule has 1 aliphatic heterocycles. The lowest BCUT2D eigenvalue weighted by atomic mass is 9.49. The Bertz CT molecular complexity index is 1070. The summed E-state index contributed by atoms with van der Waals surface area (Å²) in [6.07, 6.45) is 2.90. The van der Waals surface area contributed by atoms with Gasteiger partial charge in [-0.25, -0.2) is 4.79 Å². The zero-order chi connectivity index (χ0) is 22.5. The molecule has 8 heteroatoms. The normalized spacial score (nSPS) is 17.4. The number of likely N-dealkylation sites (tertiary alicyclic amines) is 1. The molecule has 1 saturated heterocycles. The Hall–Kier alpha value is -2.18. The van der Waals surface area contributed by atoms with Gasteiger partial charge in [0.2, 0.25) is 0 Å². The summed E-state index contributed by atoms with van der Waals surface area (Å²) in [5.74, 6) is 0.0916. The van der Waals surface area contributed by atoms with Gasteiger partial charge in [0.15, 0.2) is 0 Å². The van der Waals surface area contributed by atoms with Crippen molar-refractivity contribution >= 4 is 39.2 Å². The SMILES string of the molecule is [B][B]c1ccccc1C(CC)C([B])NCCN1CCC(n2c(=O)[nH]c3ccccc32)CC1. The number of piperidine rings is 1. The second-order valence-corrected chi connectivity index (χ2v) is 8.68. The first-order chi connectivity index (χ1) is 15.6. The molecular formula is C24H30B3N4O. The lowest BCUT2D eigenvalue weighted by Gasteiger charge is -2.33. The van der Waals surface area contributed by atoms with Gasteiger partial charge in [-0.1, -0.05) is 54.3 Å². The fourth-order valence-electron chi connectivity index (χ4n) is 5.04. The molecule has 2 aromatic carbocycles. The molecule has 4 rings (SSSR count). The molecule has 0 aliphatic carbocycles. The van der Waals surface area contributed by atoms with Gasteiger partial charge in [-0.3, -0.25) is 4.57 Å². The van der Waals surface area contributed by atoms with Crippen LogP contribution in [0.2, 0.25) is 0 Å². The van der Waals surface area contributed by atoms with E-state index in [9.17, 15) is 4.79 Å². The summed E-state index contributed by atoms with van der Waals surface area (Å²) >= 11 is 0. The van der Waals surface area contributed by atoms with E-state index < -0.39 is 0 Å². The van der Waals surface area contributed by atoms with E-state index in [1.54, 1.807) is 7.17 Å². The maximum Gasteiger partial charge on any atom is 0.326 e. The Morgan fingerprint density at radius 3 is 2.62 bits per heavy atom. The molecule has 32 heavy (non-hydrogen) atoms. The zero-order valence-corrected chi connectivity index (χ0v) is 18.8. The minimum atomic E-state index is -0.122. The highest BCUT2D eigenvalue weighted by Crippen LogP contribution is 2.25. The third-order valence-corrected chi connectivity index (χ3v) is 6.80. The van der Waals surface area contributed by atoms with E-state index in [-0.39, 0.29) is 23.6 Å². The molecule has 1 aromatic heterocycles. The zero-order valence-electron chi connectivity index (χ0n) is 18.8. The van der Waals surface area contributed by atoms with Crippen LogP contribution >= 0.6 is 0 Å². The van der Waals surface area contributed by atoms with Crippen LogP contribution < -0.4 is 16.5 Å². The van der Waals surface area contributed by atoms with E-state index in [4.69, 9.17) is 15.6 Å². The first-order valence-corrected chi connectivity index (χ1v) is 11.7. The molecule has 5 nitrogen and oxygen atoms in total. The molecule has 2 heterocycles. The Morgan fingerprint density at radius 2 is 1.88 bits per heavy atom. The van der Waals surface area contributed by atoms with Crippen LogP contribution in [0.15, 0.2) is 53.3 Å². The van der Waals surface area contributed by atoms with Crippen molar-refractivity contribution in [3.8, 4) is 0 Å². The van der Waals surface area contributed by atoms with Gasteiger partial charge in [0.05, 0.1) is 26.0 Å². The summed E-state index contributed by atoms with van der Waals surface area (Å²) in [4.78, 5) is 17.9. The number of aromatic amines is 1. The number of imidazole rings is 1. The van der Waals surface area contributed by atoms with Gasteiger partial charge in [0.25, 0.3) is 0 Å². The topological polar surface area (TPSA) is 53.1 Å². The van der Waals surface area contributed by atoms with Crippen molar-refractivity contribution in [2.45, 2.75) is 44.1 Å². The van der Waals surface area contributed by atoms with Crippen LogP contribution in [-0.2, 0) is 0 Å². The highest BCUT2D eigenvalue weighted by molar-refractivity contribution is 6.97. The lowest BCUT2D eigenvalue weighted by Crippen LogP contribution is -2.44. The molecule has 1 fully saturated rings. The van der Waals surface area contributed by atoms with Crippen molar-refractivity contribution < 1.29 is 0 Å². The van der Waals surface area contributed by atoms with Gasteiger partial charge < -0.3 is 15.2 Å². The van der Waals surface area contributed by atoms with Crippen LogP contribution in [0.1, 0.15) is 43.7 Å². The molecule has 1 aliphatic rings. The van der Waals surface area contributed by atoms with Crippen molar-refractivity contribution in [1.82, 2.24) is 19.8 Å². The Balaban J connectivity index is 1.28. The van der Waals surface area contributed by atoms with E-state index in [0.29, 0.717) is 0 Å². The molecule has 0 spiro atoms. The summed E-state index contributed by atoms with van der Waals surface area (Å²) in [7, 11) is 14.0. The Morgan fingerprint density at radius 1 is 1.16 bits per heavy atom. The number of para-hydroxylation sites is 2. The van der Waals surface area contributed by atoms with E-state index in [0.717, 1.165) is 61.9 Å². The summed E-state index contributed by atoms with van der Waals surface area (Å²) in [6, 6.07) is 16.4. The third-order valence-electron chi connectivity index (χ3n) is 6.80. The van der Waals surface area contributed by atoms with Gasteiger partial charge in [-0.15, -0.1) is 0 Å². The van der Waals surface area contributed by atoms with E-state index in [2.05, 4.69) is 28.2 Å². The van der Waals surface area contributed by atoms with Crippen LogP contribution in [0, 0.1) is 0 Å². The number of hydrogen-bond acceptors (Lipinski definition) is 3. The number of nitrogens with one attached hydrogen (secondary N) is 2. The molecule has 3 aromatic rings. The molecule has 0 saturated carbocycles. The van der Waals surface area contributed by atoms with Gasteiger partial charge in [0, 0.05) is 40.0 Å². The van der Waals surface area contributed by atoms with E-state index >= 15 is 0 Å². The van der Waals surface area contributed by atoms with Crippen molar-refractivity contribution in [1.29, 1.82) is 0 Å². The molecule has 5 radical (unpaired) electrons. The highest BCUT2D eigenvalue weighted by atomic mass is 16.1. The summed E-state index contributed by atoms with van der Waals surface area (Å²) in [5, 5.41) is 3.52. The molecule has 2 atom stereocenters. The summed E-state index contributed by atoms with van der Waals surface area (Å²) in [6.45, 7) is 5.91. The first kappa shape index (κ1) is 23.0. The average molecular weight is 423 g/mol. The Kier molecular flexibility index (Phi) is 7.64. The van der Waals surface area contributed by atoms with Crippen LogP contribution in [-0.4, -0.2) is 69.3 Å². The standard InChI is InChI=1S/C24H30B3N4O/c1-2-18(19-7-3-4-8-20(19)27-26)23(25)28-13-16-30-14-11-17(12-15-30)31-22-10-6-5-9-21(22)29-24(31)32/h3-10,17-18,23,28H,2,11-16H2,1H3,(H,29,32). The smallest absolute Gasteiger partial charge is 0.321 e. The maximum absolute atomic E-state index is 12.5. The predicted octanol–water partition coefficient (Wildman–Crippen LogP) is 1.66. The van der Waals surface area contributed by atoms with E-state index in [1.165, 1.54) is 5.56 Å². The third kappa shape index (κ3) is 4.92. The monoisotopic (exact) mass is 423 g/mol. The average Bonchev–Trinajstić information content (AvgIpc) is 3.16. The largest absolute Gasteiger partial charge is 0.326 e. The van der Waals surface area contributed by atoms with Crippen LogP contribution in [0.3, 0.4) is 0 Å². The predicted molar refractivity (Wildman–Crippen MR) is 135 cm³/mol. The summed E-state index contributed by atoms with van der Waals surface area (Å²) in [5.41, 5.74) is 4.16. The van der Waals surface area contributed by atoms with Crippen molar-refractivity contribution in [3.63, 3.8) is 0 Å². The molecule has 0 bridgehead atoms. The number of nitrogens with zero attached hydrogens (tertiary/aromatic N) is 2. The van der Waals surface area contributed by atoms with Crippen LogP contribution in [0.4, 0.5) is 0 Å².